The van der Waals surface area contributed by atoms with Crippen molar-refractivity contribution in [2.24, 2.45) is 5.10 Å². The van der Waals surface area contributed by atoms with Crippen LogP contribution in [0.5, 0.6) is 0 Å². The summed E-state index contributed by atoms with van der Waals surface area (Å²) < 4.78 is 6.80. The molecular weight excluding hydrogens is 502 g/mol. The van der Waals surface area contributed by atoms with Crippen LogP contribution < -0.4 is 10.7 Å². The van der Waals surface area contributed by atoms with Crippen LogP contribution in [0.3, 0.4) is 0 Å². The van der Waals surface area contributed by atoms with Crippen molar-refractivity contribution in [3.63, 3.8) is 0 Å². The zero-order valence-electron chi connectivity index (χ0n) is 16.1. The van der Waals surface area contributed by atoms with Crippen LogP contribution in [-0.4, -0.2) is 18.0 Å². The molecule has 0 aliphatic carbocycles. The van der Waals surface area contributed by atoms with E-state index < -0.39 is 0 Å². The lowest BCUT2D eigenvalue weighted by atomic mass is 10.2. The molecule has 0 saturated heterocycles. The van der Waals surface area contributed by atoms with E-state index in [0.29, 0.717) is 31.6 Å². The molecule has 2 aromatic heterocycles. The number of carbonyl (C=O) groups excluding carboxylic acids is 2. The Bertz CT molecular complexity index is 1310. The summed E-state index contributed by atoms with van der Waals surface area (Å²) in [6, 6.07) is 15.8. The summed E-state index contributed by atoms with van der Waals surface area (Å²) in [6.45, 7) is 1.99. The summed E-state index contributed by atoms with van der Waals surface area (Å²) in [5, 5.41) is 7.97. The third-order valence-electron chi connectivity index (χ3n) is 4.35. The summed E-state index contributed by atoms with van der Waals surface area (Å²) in [5.74, 6) is -0.182. The number of carbonyl (C=O) groups is 2. The zero-order valence-corrected chi connectivity index (χ0v) is 19.3. The fourth-order valence-electron chi connectivity index (χ4n) is 2.83. The van der Waals surface area contributed by atoms with Crippen LogP contribution >= 0.6 is 38.9 Å². The molecule has 4 aromatic rings. The molecular formula is C22H15BrClN3O3S. The fraction of sp³-hybridized carbons (Fsp3) is 0.0455. The molecule has 0 aliphatic rings. The second kappa shape index (κ2) is 9.05. The predicted octanol–water partition coefficient (Wildman–Crippen LogP) is 6.23. The van der Waals surface area contributed by atoms with Crippen LogP contribution in [-0.2, 0) is 0 Å². The van der Waals surface area contributed by atoms with Crippen molar-refractivity contribution in [1.29, 1.82) is 0 Å². The number of hydrogen-bond acceptors (Lipinski definition) is 5. The van der Waals surface area contributed by atoms with E-state index in [0.717, 1.165) is 15.6 Å². The molecule has 2 aromatic carbocycles. The van der Waals surface area contributed by atoms with E-state index in [4.69, 9.17) is 16.0 Å². The summed E-state index contributed by atoms with van der Waals surface area (Å²) in [7, 11) is 0. The predicted molar refractivity (Wildman–Crippen MR) is 127 cm³/mol. The molecule has 156 valence electrons. The number of amides is 2. The van der Waals surface area contributed by atoms with Crippen molar-refractivity contribution in [1.82, 2.24) is 5.43 Å². The van der Waals surface area contributed by atoms with Crippen LogP contribution in [0.1, 0.15) is 31.4 Å². The van der Waals surface area contributed by atoms with E-state index >= 15 is 0 Å². The lowest BCUT2D eigenvalue weighted by Crippen LogP contribution is -2.17. The quantitative estimate of drug-likeness (QED) is 0.243. The van der Waals surface area contributed by atoms with E-state index in [2.05, 4.69) is 31.8 Å². The van der Waals surface area contributed by atoms with Crippen LogP contribution in [0.25, 0.3) is 10.1 Å². The van der Waals surface area contributed by atoms with Crippen LogP contribution in [0.4, 0.5) is 5.69 Å². The van der Waals surface area contributed by atoms with Gasteiger partial charge in [0.05, 0.1) is 11.2 Å². The molecule has 2 N–H and O–H groups in total. The molecule has 2 heterocycles. The largest absolute Gasteiger partial charge is 0.448 e. The monoisotopic (exact) mass is 515 g/mol. The Labute approximate surface area is 195 Å². The molecule has 0 fully saturated rings. The molecule has 0 bridgehead atoms. The number of nitrogens with zero attached hydrogens (tertiary/aromatic N) is 1. The highest BCUT2D eigenvalue weighted by Gasteiger charge is 2.17. The molecule has 0 unspecified atom stereocenters. The average Bonchev–Trinajstić information content (AvgIpc) is 3.31. The molecule has 0 spiro atoms. The number of rotatable bonds is 5. The molecule has 2 amide bonds. The second-order valence-electron chi connectivity index (χ2n) is 6.62. The highest BCUT2D eigenvalue weighted by Crippen LogP contribution is 2.36. The minimum absolute atomic E-state index is 0.296. The first-order chi connectivity index (χ1) is 14.9. The van der Waals surface area contributed by atoms with Gasteiger partial charge in [-0.05, 0) is 70.9 Å². The molecule has 0 atom stereocenters. The van der Waals surface area contributed by atoms with Crippen LogP contribution in [0.2, 0.25) is 5.02 Å². The Morgan fingerprint density at radius 2 is 1.87 bits per heavy atom. The van der Waals surface area contributed by atoms with Gasteiger partial charge in [0.2, 0.25) is 0 Å². The Morgan fingerprint density at radius 1 is 1.10 bits per heavy atom. The van der Waals surface area contributed by atoms with Gasteiger partial charge in [0.25, 0.3) is 11.8 Å². The number of hydrazone groups is 1. The zero-order chi connectivity index (χ0) is 22.0. The van der Waals surface area contributed by atoms with Crippen molar-refractivity contribution >= 4 is 72.7 Å². The maximum absolute atomic E-state index is 12.7. The van der Waals surface area contributed by atoms with Gasteiger partial charge in [-0.2, -0.15) is 5.10 Å². The molecule has 6 nitrogen and oxygen atoms in total. The molecule has 0 radical (unpaired) electrons. The van der Waals surface area contributed by atoms with Crippen molar-refractivity contribution in [2.45, 2.75) is 6.92 Å². The number of nitrogens with one attached hydrogen (secondary N) is 2. The van der Waals surface area contributed by atoms with Crippen LogP contribution in [0.15, 0.2) is 68.8 Å². The minimum atomic E-state index is -0.386. The number of thiophene rings is 1. The lowest BCUT2D eigenvalue weighted by Gasteiger charge is -2.05. The van der Waals surface area contributed by atoms with Gasteiger partial charge in [-0.25, -0.2) is 5.43 Å². The number of anilines is 1. The fourth-order valence-corrected chi connectivity index (χ4v) is 4.66. The molecule has 9 heteroatoms. The van der Waals surface area contributed by atoms with E-state index in [1.807, 2.05) is 25.1 Å². The number of hydrogen-bond donors (Lipinski definition) is 2. The highest BCUT2D eigenvalue weighted by atomic mass is 79.9. The van der Waals surface area contributed by atoms with Gasteiger partial charge in [0.1, 0.15) is 10.6 Å². The lowest BCUT2D eigenvalue weighted by molar-refractivity contribution is 0.0954. The molecule has 31 heavy (non-hydrogen) atoms. The average molecular weight is 517 g/mol. The SMILES string of the molecule is Cc1ccc2c(Cl)c(C(=O)Nc3ccc(C(=O)N/N=C\c4ccc(Br)o4)cc3)sc2c1. The van der Waals surface area contributed by atoms with Gasteiger partial charge in [-0.3, -0.25) is 9.59 Å². The van der Waals surface area contributed by atoms with Crippen molar-refractivity contribution in [3.8, 4) is 0 Å². The minimum Gasteiger partial charge on any atom is -0.448 e. The van der Waals surface area contributed by atoms with Gasteiger partial charge < -0.3 is 9.73 Å². The molecule has 0 aliphatic heterocycles. The number of benzene rings is 2. The van der Waals surface area contributed by atoms with Crippen molar-refractivity contribution in [3.05, 3.63) is 86.1 Å². The Hall–Kier alpha value is -2.94. The standard InChI is InChI=1S/C22H15BrClN3O3S/c1-12-2-8-16-17(10-12)31-20(19(16)24)22(29)26-14-5-3-13(4-6-14)21(28)27-25-11-15-7-9-18(23)30-15/h2-11H,1H3,(H,26,29)(H,27,28)/b25-11-. The van der Waals surface area contributed by atoms with Crippen molar-refractivity contribution < 1.29 is 14.0 Å². The van der Waals surface area contributed by atoms with E-state index in [1.54, 1.807) is 36.4 Å². The van der Waals surface area contributed by atoms with E-state index in [1.165, 1.54) is 17.6 Å². The number of aryl methyl sites for hydroxylation is 1. The summed E-state index contributed by atoms with van der Waals surface area (Å²) in [4.78, 5) is 25.3. The molecule has 4 rings (SSSR count). The normalized spacial score (nSPS) is 11.2. The van der Waals surface area contributed by atoms with Crippen LogP contribution in [0, 0.1) is 6.92 Å². The first kappa shape index (κ1) is 21.3. The first-order valence-electron chi connectivity index (χ1n) is 9.09. The van der Waals surface area contributed by atoms with Gasteiger partial charge in [0.15, 0.2) is 4.67 Å². The molecule has 0 saturated carbocycles. The van der Waals surface area contributed by atoms with Gasteiger partial charge in [-0.1, -0.05) is 23.7 Å². The van der Waals surface area contributed by atoms with E-state index in [9.17, 15) is 9.59 Å². The van der Waals surface area contributed by atoms with Gasteiger partial charge in [0, 0.05) is 21.3 Å². The smallest absolute Gasteiger partial charge is 0.271 e. The van der Waals surface area contributed by atoms with Gasteiger partial charge >= 0.3 is 0 Å². The topological polar surface area (TPSA) is 83.7 Å². The third-order valence-corrected chi connectivity index (χ3v) is 6.43. The maximum atomic E-state index is 12.7. The maximum Gasteiger partial charge on any atom is 0.271 e. The van der Waals surface area contributed by atoms with Crippen molar-refractivity contribution in [2.75, 3.05) is 5.32 Å². The summed E-state index contributed by atoms with van der Waals surface area (Å²) in [5.41, 5.74) is 4.47. The number of furan rings is 1. The first-order valence-corrected chi connectivity index (χ1v) is 11.1. The Morgan fingerprint density at radius 3 is 2.58 bits per heavy atom. The van der Waals surface area contributed by atoms with E-state index in [-0.39, 0.29) is 11.8 Å². The number of halogens is 2. The van der Waals surface area contributed by atoms with Gasteiger partial charge in [-0.15, -0.1) is 11.3 Å². The summed E-state index contributed by atoms with van der Waals surface area (Å²) >= 11 is 10.9. The second-order valence-corrected chi connectivity index (χ2v) is 8.83. The Kier molecular flexibility index (Phi) is 6.22. The third kappa shape index (κ3) is 4.87. The summed E-state index contributed by atoms with van der Waals surface area (Å²) in [6.07, 6.45) is 1.40. The Balaban J connectivity index is 1.41. The number of fused-ring (bicyclic) bond motifs is 1. The highest BCUT2D eigenvalue weighted by molar-refractivity contribution is 9.10.